The normalized spacial score (nSPS) is 10.0. The summed E-state index contributed by atoms with van der Waals surface area (Å²) in [6.07, 6.45) is 19.7. The Hall–Kier alpha value is 0.126. The van der Waals surface area contributed by atoms with Crippen LogP contribution in [0.4, 0.5) is 0 Å². The monoisotopic (exact) mass is 438 g/mol. The van der Waals surface area contributed by atoms with E-state index in [0.29, 0.717) is 12.0 Å². The van der Waals surface area contributed by atoms with E-state index in [9.17, 15) is 9.59 Å². The molecule has 0 aliphatic heterocycles. The van der Waals surface area contributed by atoms with Gasteiger partial charge in [-0.25, -0.2) is 4.79 Å². The molecule has 0 aliphatic carbocycles. The zero-order valence-electron chi connectivity index (χ0n) is 22.6. The number of carbonyl (C=O) groups is 2. The summed E-state index contributed by atoms with van der Waals surface area (Å²) in [7, 11) is 0. The van der Waals surface area contributed by atoms with Gasteiger partial charge in [0.25, 0.3) is 0 Å². The molecule has 0 heterocycles. The fraction of sp³-hybridized carbons (Fsp3) is 0.680. The quantitative estimate of drug-likeness (QED) is 0.155. The summed E-state index contributed by atoms with van der Waals surface area (Å²) < 4.78 is 4.88. The molecule has 0 unspecified atom stereocenters. The first-order valence-electron chi connectivity index (χ1n) is 11.5. The van der Waals surface area contributed by atoms with Crippen molar-refractivity contribution in [3.63, 3.8) is 0 Å². The number of rotatable bonds is 17. The predicted octanol–water partition coefficient (Wildman–Crippen LogP) is 4.59. The van der Waals surface area contributed by atoms with Crippen LogP contribution in [0.25, 0.3) is 0 Å². The van der Waals surface area contributed by atoms with Crippen LogP contribution >= 0.6 is 0 Å². The molecule has 0 N–H and O–H groups in total. The molecule has 3 nitrogen and oxygen atoms in total. The average molecular weight is 439 g/mol. The van der Waals surface area contributed by atoms with E-state index in [2.05, 4.69) is 6.92 Å². The number of hydrogen-bond acceptors (Lipinski definition) is 3. The van der Waals surface area contributed by atoms with Crippen LogP contribution in [0, 0.1) is 0 Å². The summed E-state index contributed by atoms with van der Waals surface area (Å²) in [6, 6.07) is 8.66. The largest absolute Gasteiger partial charge is 2.00 e. The molecule has 0 aromatic heterocycles. The molecule has 5 heteroatoms. The Labute approximate surface area is 227 Å². The number of benzene rings is 1. The van der Waals surface area contributed by atoms with Gasteiger partial charge >= 0.3 is 64.5 Å². The smallest absolute Gasteiger partial charge is 1.00 e. The fourth-order valence-electron chi connectivity index (χ4n) is 3.43. The van der Waals surface area contributed by atoms with Crippen LogP contribution in [0.2, 0.25) is 0 Å². The van der Waals surface area contributed by atoms with Crippen LogP contribution in [-0.2, 0) is 9.53 Å². The van der Waals surface area contributed by atoms with Crippen molar-refractivity contribution in [2.45, 2.75) is 110 Å². The van der Waals surface area contributed by atoms with Crippen LogP contribution in [0.1, 0.15) is 124 Å². The molecule has 0 radical (unpaired) electrons. The molecular weight excluding hydrogens is 396 g/mol. The molecule has 0 spiro atoms. The van der Waals surface area contributed by atoms with Crippen molar-refractivity contribution >= 4 is 35.0 Å². The van der Waals surface area contributed by atoms with Gasteiger partial charge in [-0.15, -0.1) is 0 Å². The SMILES string of the molecule is CCCCCCCCCCCCCCCCCC(=O)OC(=O)c1ccccc1.[H-].[H-].[H-].[Mg+2].[Na+]. The van der Waals surface area contributed by atoms with Gasteiger partial charge in [0.15, 0.2) is 0 Å². The van der Waals surface area contributed by atoms with Crippen molar-refractivity contribution in [3.8, 4) is 0 Å². The Balaban J connectivity index is -0.000000523. The molecule has 0 saturated heterocycles. The molecule has 0 aliphatic rings. The molecule has 0 bridgehead atoms. The summed E-state index contributed by atoms with van der Waals surface area (Å²) in [6.45, 7) is 2.27. The summed E-state index contributed by atoms with van der Waals surface area (Å²) >= 11 is 0. The maximum atomic E-state index is 11.8. The predicted molar refractivity (Wildman–Crippen MR) is 126 cm³/mol. The molecular formula is C25H43MgNaO3. The van der Waals surface area contributed by atoms with E-state index in [1.165, 1.54) is 77.0 Å². The Morgan fingerprint density at radius 2 is 1.10 bits per heavy atom. The minimum absolute atomic E-state index is 0. The maximum Gasteiger partial charge on any atom is 2.00 e. The molecule has 0 fully saturated rings. The van der Waals surface area contributed by atoms with Crippen molar-refractivity contribution in [2.75, 3.05) is 0 Å². The molecule has 1 rings (SSSR count). The molecule has 30 heavy (non-hydrogen) atoms. The van der Waals surface area contributed by atoms with Crippen LogP contribution in [0.5, 0.6) is 0 Å². The summed E-state index contributed by atoms with van der Waals surface area (Å²) in [5.41, 5.74) is 0.423. The van der Waals surface area contributed by atoms with Crippen LogP contribution in [-0.4, -0.2) is 35.0 Å². The van der Waals surface area contributed by atoms with Gasteiger partial charge in [-0.2, -0.15) is 0 Å². The molecule has 1 aromatic carbocycles. The van der Waals surface area contributed by atoms with Gasteiger partial charge in [0.2, 0.25) is 0 Å². The van der Waals surface area contributed by atoms with E-state index in [1.54, 1.807) is 24.3 Å². The number of ether oxygens (including phenoxy) is 1. The zero-order valence-corrected chi connectivity index (χ0v) is 23.0. The van der Waals surface area contributed by atoms with Crippen molar-refractivity contribution < 1.29 is 48.2 Å². The Kier molecular flexibility index (Phi) is 25.6. The van der Waals surface area contributed by atoms with Gasteiger partial charge in [0, 0.05) is 6.42 Å². The number of esters is 2. The van der Waals surface area contributed by atoms with Crippen molar-refractivity contribution in [1.82, 2.24) is 0 Å². The van der Waals surface area contributed by atoms with E-state index < -0.39 is 11.9 Å². The van der Waals surface area contributed by atoms with Gasteiger partial charge in [-0.05, 0) is 18.6 Å². The molecule has 0 atom stereocenters. The number of unbranched alkanes of at least 4 members (excludes halogenated alkanes) is 14. The standard InChI is InChI=1S/C25H40O3.Mg.Na.3H/c1-2-3-4-5-6-7-8-9-10-11-12-13-14-15-19-22-24(26)28-25(27)23-20-17-16-18-21-23;;;;;/h16-18,20-21H,2-15,19,22H2,1H3;;;;;/q;+2;+1;3*-1. The third-order valence-electron chi connectivity index (χ3n) is 5.20. The van der Waals surface area contributed by atoms with Gasteiger partial charge in [-0.1, -0.05) is 115 Å². The second-order valence-corrected chi connectivity index (χ2v) is 7.83. The Morgan fingerprint density at radius 3 is 1.53 bits per heavy atom. The first kappa shape index (κ1) is 32.3. The first-order valence-corrected chi connectivity index (χ1v) is 11.5. The minimum atomic E-state index is -0.549. The van der Waals surface area contributed by atoms with E-state index in [1.807, 2.05) is 6.07 Å². The maximum absolute atomic E-state index is 11.8. The summed E-state index contributed by atoms with van der Waals surface area (Å²) in [5, 5.41) is 0. The van der Waals surface area contributed by atoms with Gasteiger partial charge in [-0.3, -0.25) is 4.79 Å². The van der Waals surface area contributed by atoms with E-state index in [-0.39, 0.29) is 56.9 Å². The third kappa shape index (κ3) is 18.9. The second kappa shape index (κ2) is 23.8. The molecule has 0 amide bonds. The molecule has 1 aromatic rings. The van der Waals surface area contributed by atoms with Crippen molar-refractivity contribution in [2.24, 2.45) is 0 Å². The second-order valence-electron chi connectivity index (χ2n) is 7.83. The number of hydrogen-bond donors (Lipinski definition) is 0. The average Bonchev–Trinajstić information content (AvgIpc) is 2.71. The fourth-order valence-corrected chi connectivity index (χ4v) is 3.43. The number of carbonyl (C=O) groups excluding carboxylic acids is 2. The van der Waals surface area contributed by atoms with Crippen LogP contribution in [0.3, 0.4) is 0 Å². The van der Waals surface area contributed by atoms with Crippen LogP contribution in [0.15, 0.2) is 30.3 Å². The van der Waals surface area contributed by atoms with Gasteiger partial charge < -0.3 is 9.02 Å². The first-order chi connectivity index (χ1) is 13.7. The zero-order chi connectivity index (χ0) is 20.3. The van der Waals surface area contributed by atoms with Crippen molar-refractivity contribution in [1.29, 1.82) is 0 Å². The minimum Gasteiger partial charge on any atom is -1.00 e. The molecule has 164 valence electrons. The van der Waals surface area contributed by atoms with E-state index >= 15 is 0 Å². The Bertz CT molecular complexity index is 537. The van der Waals surface area contributed by atoms with Gasteiger partial charge in [0.05, 0.1) is 5.56 Å². The summed E-state index contributed by atoms with van der Waals surface area (Å²) in [5.74, 6) is -0.963. The van der Waals surface area contributed by atoms with E-state index in [0.717, 1.165) is 19.3 Å². The van der Waals surface area contributed by atoms with E-state index in [4.69, 9.17) is 4.74 Å². The van der Waals surface area contributed by atoms with Crippen molar-refractivity contribution in [3.05, 3.63) is 35.9 Å². The Morgan fingerprint density at radius 1 is 0.700 bits per heavy atom. The third-order valence-corrected chi connectivity index (χ3v) is 5.20. The topological polar surface area (TPSA) is 43.4 Å². The van der Waals surface area contributed by atoms with Gasteiger partial charge in [0.1, 0.15) is 0 Å². The van der Waals surface area contributed by atoms with Crippen LogP contribution < -0.4 is 29.6 Å². The molecule has 0 saturated carbocycles. The summed E-state index contributed by atoms with van der Waals surface area (Å²) in [4.78, 5) is 23.5.